The van der Waals surface area contributed by atoms with E-state index >= 15 is 0 Å². The van der Waals surface area contributed by atoms with Gasteiger partial charge in [0.2, 0.25) is 5.91 Å². The molecule has 0 atom stereocenters. The van der Waals surface area contributed by atoms with E-state index in [1.54, 1.807) is 13.8 Å². The van der Waals surface area contributed by atoms with Crippen LogP contribution in [0.1, 0.15) is 28.9 Å². The Morgan fingerprint density at radius 1 is 1.30 bits per heavy atom. The molecular weight excluding hydrogens is 296 g/mol. The first-order valence-corrected chi connectivity index (χ1v) is 7.35. The number of carbonyl (C=O) groups excluding carboxylic acids is 1. The van der Waals surface area contributed by atoms with Gasteiger partial charge in [-0.05, 0) is 44.9 Å². The molecule has 0 radical (unpaired) electrons. The lowest BCUT2D eigenvalue weighted by Gasteiger charge is -2.10. The third-order valence-corrected chi connectivity index (χ3v) is 3.96. The highest BCUT2D eigenvalue weighted by molar-refractivity contribution is 5.91. The molecule has 7 nitrogen and oxygen atoms in total. The number of aryl methyl sites for hydroxylation is 3. The van der Waals surface area contributed by atoms with E-state index in [0.29, 0.717) is 17.9 Å². The van der Waals surface area contributed by atoms with Crippen LogP contribution in [0.2, 0.25) is 0 Å². The molecule has 0 aliphatic carbocycles. The van der Waals surface area contributed by atoms with Crippen molar-refractivity contribution in [2.24, 2.45) is 0 Å². The number of benzene rings is 1. The smallest absolute Gasteiger partial charge is 0.312 e. The van der Waals surface area contributed by atoms with Crippen LogP contribution in [0.5, 0.6) is 0 Å². The number of hydrogen-bond acceptors (Lipinski definition) is 4. The molecule has 1 aromatic carbocycles. The van der Waals surface area contributed by atoms with Crippen LogP contribution in [0.15, 0.2) is 18.2 Å². The van der Waals surface area contributed by atoms with Crippen molar-refractivity contribution in [3.05, 3.63) is 50.8 Å². The second-order valence-corrected chi connectivity index (χ2v) is 5.55. The summed E-state index contributed by atoms with van der Waals surface area (Å²) in [6.45, 7) is 7.48. The molecule has 0 aliphatic heterocycles. The van der Waals surface area contributed by atoms with Gasteiger partial charge in [-0.15, -0.1) is 0 Å². The Labute approximate surface area is 134 Å². The number of aromatic nitrogens is 2. The summed E-state index contributed by atoms with van der Waals surface area (Å²) in [5, 5.41) is 18.0. The molecule has 1 N–H and O–H groups in total. The second kappa shape index (κ2) is 6.60. The number of rotatable bonds is 5. The minimum absolute atomic E-state index is 0.0138. The Morgan fingerprint density at radius 2 is 2.00 bits per heavy atom. The van der Waals surface area contributed by atoms with Gasteiger partial charge in [-0.1, -0.05) is 12.1 Å². The Balaban J connectivity index is 2.04. The Morgan fingerprint density at radius 3 is 2.61 bits per heavy atom. The quantitative estimate of drug-likeness (QED) is 0.678. The average molecular weight is 316 g/mol. The van der Waals surface area contributed by atoms with Crippen molar-refractivity contribution in [1.29, 1.82) is 0 Å². The SMILES string of the molecule is Cc1cccc(NC(=O)CCn2nc(C)c([N+](=O)[O-])c2C)c1C. The van der Waals surface area contributed by atoms with E-state index in [2.05, 4.69) is 10.4 Å². The van der Waals surface area contributed by atoms with Gasteiger partial charge < -0.3 is 5.32 Å². The van der Waals surface area contributed by atoms with Crippen molar-refractivity contribution < 1.29 is 9.72 Å². The predicted octanol–water partition coefficient (Wildman–Crippen LogP) is 3.05. The van der Waals surface area contributed by atoms with Crippen molar-refractivity contribution in [1.82, 2.24) is 9.78 Å². The highest BCUT2D eigenvalue weighted by atomic mass is 16.6. The van der Waals surface area contributed by atoms with Gasteiger partial charge in [-0.25, -0.2) is 0 Å². The summed E-state index contributed by atoms with van der Waals surface area (Å²) in [5.41, 5.74) is 3.77. The lowest BCUT2D eigenvalue weighted by Crippen LogP contribution is -2.16. The first-order valence-electron chi connectivity index (χ1n) is 7.35. The van der Waals surface area contributed by atoms with Crippen LogP contribution in [-0.2, 0) is 11.3 Å². The van der Waals surface area contributed by atoms with E-state index in [-0.39, 0.29) is 18.0 Å². The topological polar surface area (TPSA) is 90.1 Å². The monoisotopic (exact) mass is 316 g/mol. The van der Waals surface area contributed by atoms with Crippen molar-refractivity contribution in [2.45, 2.75) is 40.7 Å². The predicted molar refractivity (Wildman–Crippen MR) is 87.5 cm³/mol. The zero-order valence-electron chi connectivity index (χ0n) is 13.7. The first-order chi connectivity index (χ1) is 10.8. The van der Waals surface area contributed by atoms with E-state index in [9.17, 15) is 14.9 Å². The second-order valence-electron chi connectivity index (χ2n) is 5.55. The van der Waals surface area contributed by atoms with Crippen LogP contribution in [0.3, 0.4) is 0 Å². The minimum atomic E-state index is -0.440. The normalized spacial score (nSPS) is 10.6. The van der Waals surface area contributed by atoms with Crippen molar-refractivity contribution in [3.8, 4) is 0 Å². The van der Waals surface area contributed by atoms with Gasteiger partial charge in [0.25, 0.3) is 0 Å². The molecule has 0 aliphatic rings. The van der Waals surface area contributed by atoms with Crippen LogP contribution in [0.25, 0.3) is 0 Å². The van der Waals surface area contributed by atoms with Crippen LogP contribution in [0, 0.1) is 37.8 Å². The minimum Gasteiger partial charge on any atom is -0.326 e. The fraction of sp³-hybridized carbons (Fsp3) is 0.375. The summed E-state index contributed by atoms with van der Waals surface area (Å²) in [5.74, 6) is -0.145. The van der Waals surface area contributed by atoms with Gasteiger partial charge in [0.05, 0.1) is 11.5 Å². The fourth-order valence-electron chi connectivity index (χ4n) is 2.48. The molecule has 0 bridgehead atoms. The molecule has 0 saturated carbocycles. The standard InChI is InChI=1S/C16H20N4O3/c1-10-6-5-7-14(11(10)2)17-15(21)8-9-19-13(4)16(20(22)23)12(3)18-19/h5-7H,8-9H2,1-4H3,(H,17,21). The number of anilines is 1. The maximum absolute atomic E-state index is 12.1. The Hall–Kier alpha value is -2.70. The molecule has 2 aromatic rings. The maximum atomic E-state index is 12.1. The summed E-state index contributed by atoms with van der Waals surface area (Å²) in [6.07, 6.45) is 0.201. The summed E-state index contributed by atoms with van der Waals surface area (Å²) in [6, 6.07) is 5.73. The van der Waals surface area contributed by atoms with Crippen LogP contribution in [0.4, 0.5) is 11.4 Å². The third-order valence-electron chi connectivity index (χ3n) is 3.96. The highest BCUT2D eigenvalue weighted by Gasteiger charge is 2.21. The molecule has 0 unspecified atom stereocenters. The first kappa shape index (κ1) is 16.7. The van der Waals surface area contributed by atoms with E-state index in [4.69, 9.17) is 0 Å². The molecule has 7 heteroatoms. The van der Waals surface area contributed by atoms with E-state index in [0.717, 1.165) is 16.8 Å². The summed E-state index contributed by atoms with van der Waals surface area (Å²) in [7, 11) is 0. The average Bonchev–Trinajstić information content (AvgIpc) is 2.76. The highest BCUT2D eigenvalue weighted by Crippen LogP contribution is 2.22. The summed E-state index contributed by atoms with van der Waals surface area (Å²) in [4.78, 5) is 22.6. The zero-order valence-corrected chi connectivity index (χ0v) is 13.7. The number of nitrogens with zero attached hydrogens (tertiary/aromatic N) is 3. The van der Waals surface area contributed by atoms with Gasteiger partial charge in [0.1, 0.15) is 11.4 Å². The molecule has 2 rings (SSSR count). The molecule has 0 fully saturated rings. The largest absolute Gasteiger partial charge is 0.326 e. The molecule has 23 heavy (non-hydrogen) atoms. The van der Waals surface area contributed by atoms with Crippen LogP contribution < -0.4 is 5.32 Å². The van der Waals surface area contributed by atoms with E-state index in [1.807, 2.05) is 32.0 Å². The number of nitro groups is 1. The molecule has 1 heterocycles. The van der Waals surface area contributed by atoms with Gasteiger partial charge in [0.15, 0.2) is 0 Å². The summed E-state index contributed by atoms with van der Waals surface area (Å²) >= 11 is 0. The molecular formula is C16H20N4O3. The van der Waals surface area contributed by atoms with Gasteiger partial charge in [-0.3, -0.25) is 19.6 Å². The number of hydrogen-bond donors (Lipinski definition) is 1. The van der Waals surface area contributed by atoms with Gasteiger partial charge >= 0.3 is 5.69 Å². The van der Waals surface area contributed by atoms with Crippen LogP contribution in [-0.4, -0.2) is 20.6 Å². The Kier molecular flexibility index (Phi) is 4.78. The van der Waals surface area contributed by atoms with E-state index in [1.165, 1.54) is 4.68 Å². The third kappa shape index (κ3) is 3.56. The lowest BCUT2D eigenvalue weighted by molar-refractivity contribution is -0.386. The fourth-order valence-corrected chi connectivity index (χ4v) is 2.48. The van der Waals surface area contributed by atoms with E-state index < -0.39 is 4.92 Å². The van der Waals surface area contributed by atoms with Crippen LogP contribution >= 0.6 is 0 Å². The zero-order chi connectivity index (χ0) is 17.1. The molecule has 1 amide bonds. The molecule has 122 valence electrons. The number of amides is 1. The van der Waals surface area contributed by atoms with Crippen molar-refractivity contribution >= 4 is 17.3 Å². The summed E-state index contributed by atoms with van der Waals surface area (Å²) < 4.78 is 1.51. The van der Waals surface area contributed by atoms with Crippen molar-refractivity contribution in [2.75, 3.05) is 5.32 Å². The van der Waals surface area contributed by atoms with Crippen molar-refractivity contribution in [3.63, 3.8) is 0 Å². The number of carbonyl (C=O) groups is 1. The lowest BCUT2D eigenvalue weighted by atomic mass is 10.1. The molecule has 0 spiro atoms. The van der Waals surface area contributed by atoms with Gasteiger partial charge in [-0.2, -0.15) is 5.10 Å². The van der Waals surface area contributed by atoms with Gasteiger partial charge in [0, 0.05) is 12.1 Å². The maximum Gasteiger partial charge on any atom is 0.312 e. The Bertz CT molecular complexity index is 765. The molecule has 1 aromatic heterocycles. The number of nitrogens with one attached hydrogen (secondary N) is 1. The molecule has 0 saturated heterocycles.